The van der Waals surface area contributed by atoms with E-state index >= 15 is 0 Å². The van der Waals surface area contributed by atoms with Gasteiger partial charge in [-0.25, -0.2) is 0 Å². The van der Waals surface area contributed by atoms with Gasteiger partial charge in [-0.1, -0.05) is 13.3 Å². The summed E-state index contributed by atoms with van der Waals surface area (Å²) < 4.78 is 0. The number of hydrogen-bond acceptors (Lipinski definition) is 3. The zero-order valence-corrected chi connectivity index (χ0v) is 15.5. The molecule has 0 atom stereocenters. The molecule has 0 amide bonds. The average Bonchev–Trinajstić information content (AvgIpc) is 3.27. The summed E-state index contributed by atoms with van der Waals surface area (Å²) >= 11 is 0. The maximum atomic E-state index is 2.83. The Balaban J connectivity index is 1.20. The molecule has 23 heavy (non-hydrogen) atoms. The Morgan fingerprint density at radius 1 is 0.913 bits per heavy atom. The van der Waals surface area contributed by atoms with Crippen molar-refractivity contribution in [2.24, 2.45) is 10.8 Å². The van der Waals surface area contributed by atoms with E-state index in [-0.39, 0.29) is 0 Å². The lowest BCUT2D eigenvalue weighted by atomic mass is 9.71. The van der Waals surface area contributed by atoms with Crippen LogP contribution in [0.2, 0.25) is 0 Å². The zero-order valence-electron chi connectivity index (χ0n) is 15.5. The zero-order chi connectivity index (χ0) is 15.9. The van der Waals surface area contributed by atoms with E-state index in [4.69, 9.17) is 0 Å². The normalized spacial score (nSPS) is 32.1. The minimum atomic E-state index is 0.713. The van der Waals surface area contributed by atoms with E-state index in [2.05, 4.69) is 28.7 Å². The fourth-order valence-electron chi connectivity index (χ4n) is 5.72. The minimum Gasteiger partial charge on any atom is -0.306 e. The predicted octanol–water partition coefficient (Wildman–Crippen LogP) is 3.06. The molecule has 0 aromatic heterocycles. The Morgan fingerprint density at radius 3 is 2.13 bits per heavy atom. The minimum absolute atomic E-state index is 0.713. The second-order valence-corrected chi connectivity index (χ2v) is 9.47. The molecule has 0 radical (unpaired) electrons. The van der Waals surface area contributed by atoms with E-state index < -0.39 is 0 Å². The van der Waals surface area contributed by atoms with Crippen molar-refractivity contribution in [2.45, 2.75) is 64.3 Å². The van der Waals surface area contributed by atoms with Crippen molar-refractivity contribution in [3.8, 4) is 0 Å². The second kappa shape index (κ2) is 6.31. The van der Waals surface area contributed by atoms with Crippen molar-refractivity contribution in [3.63, 3.8) is 0 Å². The molecule has 0 unspecified atom stereocenters. The SMILES string of the molecule is CCCC1(CN2CC3(CCN(C4CCN(C)CC4)CC3)C2)CC1. The molecule has 3 heteroatoms. The molecule has 0 aromatic rings. The predicted molar refractivity (Wildman–Crippen MR) is 96.8 cm³/mol. The van der Waals surface area contributed by atoms with Crippen LogP contribution in [0.15, 0.2) is 0 Å². The third-order valence-corrected chi connectivity index (χ3v) is 7.48. The van der Waals surface area contributed by atoms with Gasteiger partial charge in [0, 0.05) is 25.7 Å². The second-order valence-electron chi connectivity index (χ2n) is 9.47. The summed E-state index contributed by atoms with van der Waals surface area (Å²) in [5.74, 6) is 0. The van der Waals surface area contributed by atoms with Gasteiger partial charge in [-0.3, -0.25) is 0 Å². The van der Waals surface area contributed by atoms with Gasteiger partial charge >= 0.3 is 0 Å². The van der Waals surface area contributed by atoms with Gasteiger partial charge in [-0.15, -0.1) is 0 Å². The third kappa shape index (κ3) is 3.48. The van der Waals surface area contributed by atoms with Gasteiger partial charge in [0.25, 0.3) is 0 Å². The van der Waals surface area contributed by atoms with Crippen molar-refractivity contribution >= 4 is 0 Å². The molecule has 3 aliphatic heterocycles. The number of rotatable bonds is 5. The summed E-state index contributed by atoms with van der Waals surface area (Å²) in [6.45, 7) is 12.0. The summed E-state index contributed by atoms with van der Waals surface area (Å²) in [6.07, 6.45) is 11.6. The van der Waals surface area contributed by atoms with Gasteiger partial charge in [0.05, 0.1) is 0 Å². The summed E-state index contributed by atoms with van der Waals surface area (Å²) in [6, 6.07) is 0.888. The van der Waals surface area contributed by atoms with Gasteiger partial charge in [-0.2, -0.15) is 0 Å². The average molecular weight is 320 g/mol. The van der Waals surface area contributed by atoms with E-state index in [1.807, 2.05) is 0 Å². The Morgan fingerprint density at radius 2 is 1.57 bits per heavy atom. The van der Waals surface area contributed by atoms with Crippen LogP contribution in [0.5, 0.6) is 0 Å². The number of hydrogen-bond donors (Lipinski definition) is 0. The highest BCUT2D eigenvalue weighted by Gasteiger charge is 2.50. The van der Waals surface area contributed by atoms with Crippen LogP contribution in [0.25, 0.3) is 0 Å². The molecule has 1 spiro atoms. The number of nitrogens with zero attached hydrogens (tertiary/aromatic N) is 3. The summed E-state index contributed by atoms with van der Waals surface area (Å²) in [4.78, 5) is 8.13. The topological polar surface area (TPSA) is 9.72 Å². The van der Waals surface area contributed by atoms with Crippen molar-refractivity contribution in [3.05, 3.63) is 0 Å². The number of piperidine rings is 2. The summed E-state index contributed by atoms with van der Waals surface area (Å²) in [5, 5.41) is 0. The Kier molecular flexibility index (Phi) is 4.49. The fourth-order valence-corrected chi connectivity index (χ4v) is 5.72. The molecule has 4 aliphatic rings. The van der Waals surface area contributed by atoms with E-state index in [0.29, 0.717) is 5.41 Å². The largest absolute Gasteiger partial charge is 0.306 e. The van der Waals surface area contributed by atoms with Crippen LogP contribution in [0, 0.1) is 10.8 Å². The van der Waals surface area contributed by atoms with E-state index in [0.717, 1.165) is 11.5 Å². The smallest absolute Gasteiger partial charge is 0.0120 e. The van der Waals surface area contributed by atoms with Gasteiger partial charge in [0.1, 0.15) is 0 Å². The van der Waals surface area contributed by atoms with Crippen molar-refractivity contribution in [1.29, 1.82) is 0 Å². The van der Waals surface area contributed by atoms with Crippen LogP contribution in [0.1, 0.15) is 58.3 Å². The van der Waals surface area contributed by atoms with Gasteiger partial charge in [-0.05, 0) is 89.0 Å². The standard InChI is InChI=1S/C20H37N3/c1-3-6-19(7-8-19)15-22-16-20(17-22)9-13-23(14-10-20)18-4-11-21(2)12-5-18/h18H,3-17H2,1-2H3. The van der Waals surface area contributed by atoms with Crippen molar-refractivity contribution in [2.75, 3.05) is 52.9 Å². The van der Waals surface area contributed by atoms with E-state index in [1.54, 1.807) is 0 Å². The highest BCUT2D eigenvalue weighted by Crippen LogP contribution is 2.52. The molecule has 4 fully saturated rings. The summed E-state index contributed by atoms with van der Waals surface area (Å²) in [7, 11) is 2.27. The maximum absolute atomic E-state index is 2.83. The first-order chi connectivity index (χ1) is 11.1. The van der Waals surface area contributed by atoms with Crippen molar-refractivity contribution < 1.29 is 0 Å². The molecule has 132 valence electrons. The highest BCUT2D eigenvalue weighted by atomic mass is 15.2. The quantitative estimate of drug-likeness (QED) is 0.771. The molecule has 3 heterocycles. The molecular weight excluding hydrogens is 282 g/mol. The molecule has 0 aromatic carbocycles. The number of likely N-dealkylation sites (tertiary alicyclic amines) is 3. The van der Waals surface area contributed by atoms with Gasteiger partial charge in [0.2, 0.25) is 0 Å². The molecule has 4 rings (SSSR count). The lowest BCUT2D eigenvalue weighted by molar-refractivity contribution is -0.0658. The lowest BCUT2D eigenvalue weighted by Gasteiger charge is -2.56. The monoisotopic (exact) mass is 319 g/mol. The van der Waals surface area contributed by atoms with Gasteiger partial charge in [0.15, 0.2) is 0 Å². The maximum Gasteiger partial charge on any atom is 0.0120 e. The first kappa shape index (κ1) is 16.4. The van der Waals surface area contributed by atoms with Crippen LogP contribution >= 0.6 is 0 Å². The molecule has 0 N–H and O–H groups in total. The van der Waals surface area contributed by atoms with Crippen LogP contribution in [-0.4, -0.2) is 73.6 Å². The molecule has 3 nitrogen and oxygen atoms in total. The highest BCUT2D eigenvalue weighted by molar-refractivity contribution is 5.03. The first-order valence-corrected chi connectivity index (χ1v) is 10.3. The van der Waals surface area contributed by atoms with Crippen LogP contribution in [0.3, 0.4) is 0 Å². The molecule has 3 saturated heterocycles. The fraction of sp³-hybridized carbons (Fsp3) is 1.00. The molecule has 0 bridgehead atoms. The first-order valence-electron chi connectivity index (χ1n) is 10.3. The Hall–Kier alpha value is -0.120. The van der Waals surface area contributed by atoms with Crippen molar-refractivity contribution in [1.82, 2.24) is 14.7 Å². The molecule has 1 saturated carbocycles. The third-order valence-electron chi connectivity index (χ3n) is 7.48. The molecular formula is C20H37N3. The van der Waals surface area contributed by atoms with Crippen LogP contribution < -0.4 is 0 Å². The summed E-state index contributed by atoms with van der Waals surface area (Å²) in [5.41, 5.74) is 1.47. The van der Waals surface area contributed by atoms with Crippen LogP contribution in [0.4, 0.5) is 0 Å². The molecule has 1 aliphatic carbocycles. The van der Waals surface area contributed by atoms with E-state index in [9.17, 15) is 0 Å². The van der Waals surface area contributed by atoms with Gasteiger partial charge < -0.3 is 14.7 Å². The Bertz CT molecular complexity index is 393. The Labute approximate surface area is 143 Å². The van der Waals surface area contributed by atoms with Crippen LogP contribution in [-0.2, 0) is 0 Å². The van der Waals surface area contributed by atoms with E-state index in [1.165, 1.54) is 97.2 Å². The lowest BCUT2D eigenvalue weighted by Crippen LogP contribution is -2.62.